The third-order valence-corrected chi connectivity index (χ3v) is 3.87. The van der Waals surface area contributed by atoms with Crippen molar-refractivity contribution in [1.82, 2.24) is 5.32 Å². The summed E-state index contributed by atoms with van der Waals surface area (Å²) >= 11 is 0. The molecular formula is C19H17F2N3O6. The molecule has 11 heteroatoms. The first kappa shape index (κ1) is 22.4. The van der Waals surface area contributed by atoms with Gasteiger partial charge in [-0.15, -0.1) is 0 Å². The summed E-state index contributed by atoms with van der Waals surface area (Å²) < 4.78 is 31.1. The molecule has 0 bridgehead atoms. The van der Waals surface area contributed by atoms with Gasteiger partial charge in [0.25, 0.3) is 17.5 Å². The number of amides is 2. The molecule has 0 aromatic heterocycles. The molecule has 2 aromatic carbocycles. The van der Waals surface area contributed by atoms with E-state index in [0.29, 0.717) is 11.6 Å². The lowest BCUT2D eigenvalue weighted by molar-refractivity contribution is -0.384. The lowest BCUT2D eigenvalue weighted by Crippen LogP contribution is -2.28. The Labute approximate surface area is 169 Å². The number of nitrogens with one attached hydrogen (secondary N) is 2. The topological polar surface area (TPSA) is 128 Å². The molecule has 0 atom stereocenters. The molecule has 0 radical (unpaired) electrons. The van der Waals surface area contributed by atoms with Crippen molar-refractivity contribution >= 4 is 29.2 Å². The highest BCUT2D eigenvalue weighted by Gasteiger charge is 2.18. The number of hydrogen-bond donors (Lipinski definition) is 2. The summed E-state index contributed by atoms with van der Waals surface area (Å²) in [7, 11) is 0. The summed E-state index contributed by atoms with van der Waals surface area (Å²) in [6.07, 6.45) is -0.313. The minimum Gasteiger partial charge on any atom is -0.456 e. The van der Waals surface area contributed by atoms with Gasteiger partial charge in [-0.2, -0.15) is 0 Å². The van der Waals surface area contributed by atoms with Gasteiger partial charge >= 0.3 is 5.97 Å². The van der Waals surface area contributed by atoms with Crippen LogP contribution in [0.4, 0.5) is 20.2 Å². The number of esters is 1. The number of aryl methyl sites for hydroxylation is 1. The highest BCUT2D eigenvalue weighted by atomic mass is 19.1. The number of rotatable bonds is 8. The number of nitrogens with zero attached hydrogens (tertiary/aromatic N) is 1. The number of carbonyl (C=O) groups excluding carboxylic acids is 3. The predicted molar refractivity (Wildman–Crippen MR) is 101 cm³/mol. The van der Waals surface area contributed by atoms with E-state index in [1.165, 1.54) is 12.1 Å². The van der Waals surface area contributed by atoms with E-state index in [-0.39, 0.29) is 29.9 Å². The van der Waals surface area contributed by atoms with E-state index < -0.39 is 40.9 Å². The summed E-state index contributed by atoms with van der Waals surface area (Å²) in [6, 6.07) is 6.70. The Morgan fingerprint density at radius 2 is 1.90 bits per heavy atom. The van der Waals surface area contributed by atoms with E-state index in [2.05, 4.69) is 10.6 Å². The van der Waals surface area contributed by atoms with Crippen molar-refractivity contribution < 1.29 is 32.8 Å². The highest BCUT2D eigenvalue weighted by Crippen LogP contribution is 2.27. The van der Waals surface area contributed by atoms with Crippen molar-refractivity contribution in [3.05, 3.63) is 69.3 Å². The second kappa shape index (κ2) is 10.0. The summed E-state index contributed by atoms with van der Waals surface area (Å²) in [4.78, 5) is 45.8. The molecule has 0 aliphatic heterocycles. The molecule has 2 N–H and O–H groups in total. The molecule has 2 amide bonds. The standard InChI is InChI=1S/C19H17F2N3O6/c1-11-3-2-4-15(24(28)29)18(11)23-16(25)10-30-17(26)7-8-22-19(27)13-6-5-12(20)9-14(13)21/h2-6,9H,7-8,10H2,1H3,(H,22,27)(H,23,25). The SMILES string of the molecule is Cc1cccc([N+](=O)[O-])c1NC(=O)COC(=O)CCNC(=O)c1ccc(F)cc1F. The van der Waals surface area contributed by atoms with Crippen LogP contribution in [0.1, 0.15) is 22.3 Å². The normalized spacial score (nSPS) is 10.2. The molecule has 0 fully saturated rings. The van der Waals surface area contributed by atoms with Crippen LogP contribution < -0.4 is 10.6 Å². The van der Waals surface area contributed by atoms with Crippen LogP contribution >= 0.6 is 0 Å². The molecule has 2 aromatic rings. The fourth-order valence-electron chi connectivity index (χ4n) is 2.41. The number of nitro groups is 1. The Morgan fingerprint density at radius 3 is 2.57 bits per heavy atom. The third kappa shape index (κ3) is 6.06. The van der Waals surface area contributed by atoms with Crippen LogP contribution in [0, 0.1) is 28.7 Å². The fraction of sp³-hybridized carbons (Fsp3) is 0.211. The molecule has 0 spiro atoms. The molecule has 0 heterocycles. The number of nitro benzene ring substituents is 1. The Kier molecular flexibility index (Phi) is 7.50. The quantitative estimate of drug-likeness (QED) is 0.383. The van der Waals surface area contributed by atoms with Crippen LogP contribution in [0.15, 0.2) is 36.4 Å². The average Bonchev–Trinajstić information content (AvgIpc) is 2.67. The zero-order chi connectivity index (χ0) is 22.3. The molecule has 0 unspecified atom stereocenters. The third-order valence-electron chi connectivity index (χ3n) is 3.87. The Balaban J connectivity index is 1.79. The van der Waals surface area contributed by atoms with E-state index in [0.717, 1.165) is 12.1 Å². The van der Waals surface area contributed by atoms with Gasteiger partial charge in [-0.05, 0) is 24.6 Å². The molecule has 158 valence electrons. The van der Waals surface area contributed by atoms with Crippen LogP contribution in [-0.2, 0) is 14.3 Å². The highest BCUT2D eigenvalue weighted by molar-refractivity contribution is 5.96. The Bertz CT molecular complexity index is 996. The van der Waals surface area contributed by atoms with Gasteiger partial charge in [-0.25, -0.2) is 8.78 Å². The van der Waals surface area contributed by atoms with E-state index in [1.807, 2.05) is 0 Å². The minimum atomic E-state index is -1.04. The Hall–Kier alpha value is -3.89. The zero-order valence-corrected chi connectivity index (χ0v) is 15.7. The maximum atomic E-state index is 13.5. The molecular weight excluding hydrogens is 404 g/mol. The summed E-state index contributed by atoms with van der Waals surface area (Å²) in [6.45, 7) is 0.672. The molecule has 0 saturated heterocycles. The molecule has 9 nitrogen and oxygen atoms in total. The van der Waals surface area contributed by atoms with Gasteiger partial charge in [-0.1, -0.05) is 12.1 Å². The van der Waals surface area contributed by atoms with Gasteiger partial charge in [0, 0.05) is 18.7 Å². The molecule has 0 aliphatic carbocycles. The van der Waals surface area contributed by atoms with Gasteiger partial charge in [-0.3, -0.25) is 24.5 Å². The van der Waals surface area contributed by atoms with Crippen molar-refractivity contribution in [3.8, 4) is 0 Å². The number of para-hydroxylation sites is 1. The van der Waals surface area contributed by atoms with Crippen molar-refractivity contribution in [3.63, 3.8) is 0 Å². The number of hydrogen-bond acceptors (Lipinski definition) is 6. The largest absolute Gasteiger partial charge is 0.456 e. The second-order valence-electron chi connectivity index (χ2n) is 6.07. The number of benzene rings is 2. The summed E-state index contributed by atoms with van der Waals surface area (Å²) in [5, 5.41) is 15.6. The van der Waals surface area contributed by atoms with Crippen LogP contribution in [0.2, 0.25) is 0 Å². The van der Waals surface area contributed by atoms with E-state index >= 15 is 0 Å². The minimum absolute atomic E-state index is 0.00265. The van der Waals surface area contributed by atoms with Gasteiger partial charge in [0.1, 0.15) is 17.3 Å². The fourth-order valence-corrected chi connectivity index (χ4v) is 2.41. The summed E-state index contributed by atoms with van der Waals surface area (Å²) in [5.41, 5.74) is -0.230. The van der Waals surface area contributed by atoms with E-state index in [9.17, 15) is 33.3 Å². The van der Waals surface area contributed by atoms with E-state index in [4.69, 9.17) is 4.74 Å². The van der Waals surface area contributed by atoms with Crippen LogP contribution in [0.3, 0.4) is 0 Å². The average molecular weight is 421 g/mol. The molecule has 30 heavy (non-hydrogen) atoms. The number of ether oxygens (including phenoxy) is 1. The molecule has 0 saturated carbocycles. The van der Waals surface area contributed by atoms with Crippen molar-refractivity contribution in [1.29, 1.82) is 0 Å². The number of halogens is 2. The monoisotopic (exact) mass is 421 g/mol. The molecule has 2 rings (SSSR count). The lowest BCUT2D eigenvalue weighted by atomic mass is 10.1. The van der Waals surface area contributed by atoms with Crippen LogP contribution in [-0.4, -0.2) is 35.9 Å². The maximum absolute atomic E-state index is 13.5. The zero-order valence-electron chi connectivity index (χ0n) is 15.7. The van der Waals surface area contributed by atoms with Crippen LogP contribution in [0.5, 0.6) is 0 Å². The van der Waals surface area contributed by atoms with E-state index in [1.54, 1.807) is 13.0 Å². The van der Waals surface area contributed by atoms with Gasteiger partial charge < -0.3 is 15.4 Å². The molecule has 0 aliphatic rings. The predicted octanol–water partition coefficient (Wildman–Crippen LogP) is 2.48. The second-order valence-corrected chi connectivity index (χ2v) is 6.07. The van der Waals surface area contributed by atoms with Crippen molar-refractivity contribution in [2.24, 2.45) is 0 Å². The first-order valence-corrected chi connectivity index (χ1v) is 8.61. The maximum Gasteiger partial charge on any atom is 0.308 e. The van der Waals surface area contributed by atoms with Gasteiger partial charge in [0.05, 0.1) is 16.9 Å². The number of carbonyl (C=O) groups is 3. The first-order chi connectivity index (χ1) is 14.2. The van der Waals surface area contributed by atoms with Crippen LogP contribution in [0.25, 0.3) is 0 Å². The smallest absolute Gasteiger partial charge is 0.308 e. The van der Waals surface area contributed by atoms with Gasteiger partial charge in [0.2, 0.25) is 0 Å². The van der Waals surface area contributed by atoms with Gasteiger partial charge in [0.15, 0.2) is 6.61 Å². The van der Waals surface area contributed by atoms with Crippen molar-refractivity contribution in [2.45, 2.75) is 13.3 Å². The summed E-state index contributed by atoms with van der Waals surface area (Å²) in [5.74, 6) is -4.33. The Morgan fingerprint density at radius 1 is 1.17 bits per heavy atom. The van der Waals surface area contributed by atoms with Crippen molar-refractivity contribution in [2.75, 3.05) is 18.5 Å². The number of anilines is 1. The first-order valence-electron chi connectivity index (χ1n) is 8.61. The lowest BCUT2D eigenvalue weighted by Gasteiger charge is -2.10.